The third kappa shape index (κ3) is 5.89. The van der Waals surface area contributed by atoms with Crippen LogP contribution in [0.2, 0.25) is 0 Å². The zero-order valence-corrected chi connectivity index (χ0v) is 25.4. The number of fused-ring (bicyclic) bond motifs is 3. The van der Waals surface area contributed by atoms with Crippen LogP contribution in [0.4, 0.5) is 0 Å². The molecular weight excluding hydrogens is 580 g/mol. The summed E-state index contributed by atoms with van der Waals surface area (Å²) >= 11 is 0. The van der Waals surface area contributed by atoms with Crippen LogP contribution in [0.1, 0.15) is 62.0 Å². The minimum Gasteiger partial charge on any atom is -0.487 e. The molecule has 7 rings (SSSR count). The van der Waals surface area contributed by atoms with Gasteiger partial charge in [-0.2, -0.15) is 0 Å². The van der Waals surface area contributed by atoms with Crippen molar-refractivity contribution in [2.75, 3.05) is 19.6 Å². The van der Waals surface area contributed by atoms with Gasteiger partial charge in [0.1, 0.15) is 18.2 Å². The Bertz CT molecular complexity index is 1970. The number of carbonyl (C=O) groups is 2. The van der Waals surface area contributed by atoms with Gasteiger partial charge in [0.25, 0.3) is 0 Å². The van der Waals surface area contributed by atoms with Crippen molar-refractivity contribution in [2.45, 2.75) is 38.8 Å². The Kier molecular flexibility index (Phi) is 8.07. The lowest BCUT2D eigenvalue weighted by Gasteiger charge is -2.30. The van der Waals surface area contributed by atoms with Crippen LogP contribution in [0, 0.1) is 0 Å². The molecule has 0 amide bonds. The van der Waals surface area contributed by atoms with Gasteiger partial charge in [-0.05, 0) is 66.6 Å². The Morgan fingerprint density at radius 3 is 2.33 bits per heavy atom. The Morgan fingerprint density at radius 1 is 0.783 bits per heavy atom. The van der Waals surface area contributed by atoms with Crippen molar-refractivity contribution in [2.24, 2.45) is 0 Å². The van der Waals surface area contributed by atoms with Crippen LogP contribution in [0.5, 0.6) is 5.75 Å². The number of para-hydroxylation sites is 1. The van der Waals surface area contributed by atoms with Crippen molar-refractivity contribution in [1.29, 1.82) is 0 Å². The van der Waals surface area contributed by atoms with Gasteiger partial charge in [-0.3, -0.25) is 0 Å². The van der Waals surface area contributed by atoms with Crippen molar-refractivity contribution in [3.05, 3.63) is 130 Å². The highest BCUT2D eigenvalue weighted by molar-refractivity contribution is 6.00. The maximum Gasteiger partial charge on any atom is 0.357 e. The Balaban J connectivity index is 1.02. The van der Waals surface area contributed by atoms with Crippen LogP contribution >= 0.6 is 0 Å². The first kappa shape index (κ1) is 29.4. The van der Waals surface area contributed by atoms with Gasteiger partial charge in [0.2, 0.25) is 0 Å². The summed E-state index contributed by atoms with van der Waals surface area (Å²) < 4.78 is 7.59. The van der Waals surface area contributed by atoms with Crippen LogP contribution in [0.25, 0.3) is 16.5 Å². The molecule has 2 aliphatic rings. The average Bonchev–Trinajstić information content (AvgIpc) is 3.39. The smallest absolute Gasteiger partial charge is 0.357 e. The summed E-state index contributed by atoms with van der Waals surface area (Å²) in [5.74, 6) is -1.34. The van der Waals surface area contributed by atoms with E-state index in [1.165, 1.54) is 11.1 Å². The van der Waals surface area contributed by atoms with Crippen molar-refractivity contribution < 1.29 is 24.5 Å². The molecule has 5 aromatic rings. The predicted molar refractivity (Wildman–Crippen MR) is 174 cm³/mol. The van der Waals surface area contributed by atoms with Gasteiger partial charge in [-0.15, -0.1) is 0 Å². The first-order chi connectivity index (χ1) is 22.4. The van der Waals surface area contributed by atoms with E-state index >= 15 is 0 Å². The molecule has 232 valence electrons. The van der Waals surface area contributed by atoms with E-state index < -0.39 is 17.6 Å². The number of aromatic nitrogens is 3. The van der Waals surface area contributed by atoms with Crippen molar-refractivity contribution in [3.63, 3.8) is 0 Å². The van der Waals surface area contributed by atoms with Crippen molar-refractivity contribution in [3.8, 4) is 5.75 Å². The van der Waals surface area contributed by atoms with Crippen LogP contribution in [0.15, 0.2) is 90.5 Å². The van der Waals surface area contributed by atoms with Crippen molar-refractivity contribution in [1.82, 2.24) is 19.4 Å². The maximum absolute atomic E-state index is 12.2. The normalized spacial score (nSPS) is 14.9. The summed E-state index contributed by atoms with van der Waals surface area (Å²) in [7, 11) is 0. The molecule has 2 aliphatic heterocycles. The summed E-state index contributed by atoms with van der Waals surface area (Å²) in [6.07, 6.45) is 3.12. The predicted octanol–water partition coefficient (Wildman–Crippen LogP) is 6.10. The standard InChI is InChI=1S/C37H34N4O5/c42-36(43)33-34(37(44)45)41-22-18-25-5-1-3-7-30(25)32(35(41)39-33)27-16-20-40(21-17-27)19-15-24-9-13-29(14-10-24)46-23-28-12-11-26-6-2-4-8-31(26)38-28/h1-14H,15-23H2,(H,42,43)(H,44,45). The van der Waals surface area contributed by atoms with E-state index in [9.17, 15) is 19.8 Å². The van der Waals surface area contributed by atoms with Crippen LogP contribution < -0.4 is 4.74 Å². The molecule has 0 unspecified atom stereocenters. The molecule has 46 heavy (non-hydrogen) atoms. The van der Waals surface area contributed by atoms with E-state index in [1.54, 1.807) is 4.57 Å². The summed E-state index contributed by atoms with van der Waals surface area (Å²) in [6.45, 7) is 3.41. The third-order valence-corrected chi connectivity index (χ3v) is 8.98. The molecule has 0 radical (unpaired) electrons. The van der Waals surface area contributed by atoms with Gasteiger partial charge in [-0.1, -0.05) is 66.2 Å². The second-order valence-electron chi connectivity index (χ2n) is 11.8. The highest BCUT2D eigenvalue weighted by Crippen LogP contribution is 2.37. The number of carboxylic acids is 2. The van der Waals surface area contributed by atoms with Gasteiger partial charge in [-0.25, -0.2) is 19.6 Å². The molecule has 2 aromatic heterocycles. The van der Waals surface area contributed by atoms with E-state index in [0.717, 1.165) is 77.9 Å². The number of hydrogen-bond donors (Lipinski definition) is 2. The molecule has 1 saturated heterocycles. The number of nitrogens with zero attached hydrogens (tertiary/aromatic N) is 4. The lowest BCUT2D eigenvalue weighted by atomic mass is 9.90. The SMILES string of the molecule is O=C(O)c1nc2n(c1C(=O)O)CCc1ccccc1C2=C1CCN(CCc2ccc(OCc3ccc4ccccc4n3)cc2)CC1. The largest absolute Gasteiger partial charge is 0.487 e. The first-order valence-corrected chi connectivity index (χ1v) is 15.6. The number of carboxylic acid groups (broad SMARTS) is 2. The van der Waals surface area contributed by atoms with Crippen LogP contribution in [-0.2, 0) is 26.0 Å². The van der Waals surface area contributed by atoms with E-state index in [0.29, 0.717) is 25.4 Å². The summed E-state index contributed by atoms with van der Waals surface area (Å²) in [6, 6.07) is 28.4. The molecule has 0 saturated carbocycles. The molecule has 0 aliphatic carbocycles. The van der Waals surface area contributed by atoms with Gasteiger partial charge in [0, 0.05) is 37.1 Å². The monoisotopic (exact) mass is 614 g/mol. The topological polar surface area (TPSA) is 118 Å². The van der Waals surface area contributed by atoms with Crippen LogP contribution in [-0.4, -0.2) is 61.2 Å². The minimum atomic E-state index is -1.33. The lowest BCUT2D eigenvalue weighted by molar-refractivity contribution is 0.0640. The number of piperidine rings is 1. The molecule has 9 heteroatoms. The third-order valence-electron chi connectivity index (χ3n) is 8.98. The molecule has 3 aromatic carbocycles. The Hall–Kier alpha value is -5.28. The number of ether oxygens (including phenoxy) is 1. The van der Waals surface area contributed by atoms with E-state index in [1.807, 2.05) is 54.6 Å². The van der Waals surface area contributed by atoms with Crippen LogP contribution in [0.3, 0.4) is 0 Å². The summed E-state index contributed by atoms with van der Waals surface area (Å²) in [4.78, 5) is 35.7. The Labute approximate surface area is 266 Å². The fraction of sp³-hybridized carbons (Fsp3) is 0.243. The molecule has 0 bridgehead atoms. The summed E-state index contributed by atoms with van der Waals surface area (Å²) in [5, 5.41) is 20.8. The maximum atomic E-state index is 12.2. The summed E-state index contributed by atoms with van der Waals surface area (Å²) in [5.41, 5.74) is 6.64. The molecule has 2 N–H and O–H groups in total. The molecule has 9 nitrogen and oxygen atoms in total. The van der Waals surface area contributed by atoms with Gasteiger partial charge >= 0.3 is 11.9 Å². The average molecular weight is 615 g/mol. The minimum absolute atomic E-state index is 0.257. The molecule has 1 fully saturated rings. The highest BCUT2D eigenvalue weighted by Gasteiger charge is 2.32. The van der Waals surface area contributed by atoms with Gasteiger partial charge in [0.15, 0.2) is 11.4 Å². The van der Waals surface area contributed by atoms with E-state index in [4.69, 9.17) is 4.74 Å². The number of likely N-dealkylation sites (tertiary alicyclic amines) is 1. The zero-order valence-electron chi connectivity index (χ0n) is 25.4. The second kappa shape index (κ2) is 12.6. The van der Waals surface area contributed by atoms with Gasteiger partial charge < -0.3 is 24.4 Å². The molecule has 0 atom stereocenters. The number of benzene rings is 3. The number of aryl methyl sites for hydroxylation is 1. The zero-order chi connectivity index (χ0) is 31.6. The molecule has 0 spiro atoms. The first-order valence-electron chi connectivity index (χ1n) is 15.6. The highest BCUT2D eigenvalue weighted by atomic mass is 16.5. The number of hydrogen-bond acceptors (Lipinski definition) is 6. The lowest BCUT2D eigenvalue weighted by Crippen LogP contribution is -2.33. The quantitative estimate of drug-likeness (QED) is 0.215. The second-order valence-corrected chi connectivity index (χ2v) is 11.8. The molecule has 4 heterocycles. The van der Waals surface area contributed by atoms with Gasteiger partial charge in [0.05, 0.1) is 11.2 Å². The molecular formula is C37H34N4O5. The fourth-order valence-electron chi connectivity index (χ4n) is 6.59. The Morgan fingerprint density at radius 2 is 1.54 bits per heavy atom. The number of aromatic carboxylic acids is 2. The number of rotatable bonds is 8. The van der Waals surface area contributed by atoms with Crippen molar-refractivity contribution >= 4 is 28.4 Å². The number of pyridine rings is 1. The number of imidazole rings is 1. The van der Waals surface area contributed by atoms with E-state index in [2.05, 4.69) is 45.2 Å². The van der Waals surface area contributed by atoms with E-state index in [-0.39, 0.29) is 5.69 Å². The fourth-order valence-corrected chi connectivity index (χ4v) is 6.59.